The van der Waals surface area contributed by atoms with Gasteiger partial charge >= 0.3 is 0 Å². The summed E-state index contributed by atoms with van der Waals surface area (Å²) in [4.78, 5) is 2.73. The molecule has 3 atom stereocenters. The minimum atomic E-state index is 0.309. The molecule has 1 aliphatic carbocycles. The van der Waals surface area contributed by atoms with Gasteiger partial charge in [0.2, 0.25) is 0 Å². The van der Waals surface area contributed by atoms with Gasteiger partial charge in [-0.3, -0.25) is 4.90 Å². The Morgan fingerprint density at radius 3 is 2.60 bits per heavy atom. The minimum Gasteiger partial charge on any atom is -0.309 e. The van der Waals surface area contributed by atoms with Crippen LogP contribution in [0, 0.1) is 11.8 Å². The van der Waals surface area contributed by atoms with E-state index in [1.807, 2.05) is 0 Å². The highest BCUT2D eigenvalue weighted by atomic mass is 15.2. The molecule has 1 N–H and O–H groups in total. The van der Waals surface area contributed by atoms with Crippen LogP contribution in [-0.2, 0) is 0 Å². The van der Waals surface area contributed by atoms with Gasteiger partial charge in [-0.15, -0.1) is 0 Å². The van der Waals surface area contributed by atoms with Crippen molar-refractivity contribution in [1.29, 1.82) is 0 Å². The third-order valence-electron chi connectivity index (χ3n) is 4.15. The average Bonchev–Trinajstić information content (AvgIpc) is 2.81. The maximum absolute atomic E-state index is 3.65. The Kier molecular flexibility index (Phi) is 3.09. The summed E-state index contributed by atoms with van der Waals surface area (Å²) in [6.45, 7) is 13.1. The largest absolute Gasteiger partial charge is 0.309 e. The molecule has 1 aliphatic heterocycles. The van der Waals surface area contributed by atoms with Crippen LogP contribution in [0.4, 0.5) is 0 Å². The summed E-state index contributed by atoms with van der Waals surface area (Å²) in [5.41, 5.74) is 0.309. The van der Waals surface area contributed by atoms with Crippen LogP contribution >= 0.6 is 0 Å². The van der Waals surface area contributed by atoms with Gasteiger partial charge in [0, 0.05) is 31.2 Å². The molecule has 3 unspecified atom stereocenters. The van der Waals surface area contributed by atoms with Gasteiger partial charge in [0.05, 0.1) is 0 Å². The molecule has 0 radical (unpaired) electrons. The standard InChI is InChI=1S/C13H26N2/c1-5-12-7-14-13(3,4)9-15(12)8-11-6-10(11)2/h10-12,14H,5-9H2,1-4H3. The van der Waals surface area contributed by atoms with Crippen molar-refractivity contribution in [3.05, 3.63) is 0 Å². The first-order valence-corrected chi connectivity index (χ1v) is 6.51. The fourth-order valence-electron chi connectivity index (χ4n) is 2.79. The second-order valence-electron chi connectivity index (χ2n) is 6.23. The molecule has 2 fully saturated rings. The summed E-state index contributed by atoms with van der Waals surface area (Å²) >= 11 is 0. The van der Waals surface area contributed by atoms with Crippen LogP contribution in [0.3, 0.4) is 0 Å². The van der Waals surface area contributed by atoms with E-state index in [1.165, 1.54) is 32.5 Å². The molecule has 2 nitrogen and oxygen atoms in total. The van der Waals surface area contributed by atoms with E-state index in [1.54, 1.807) is 0 Å². The molecule has 2 heteroatoms. The number of hydrogen-bond acceptors (Lipinski definition) is 2. The zero-order valence-corrected chi connectivity index (χ0v) is 10.7. The quantitative estimate of drug-likeness (QED) is 0.767. The molecule has 0 aromatic rings. The molecule has 0 spiro atoms. The van der Waals surface area contributed by atoms with E-state index in [4.69, 9.17) is 0 Å². The van der Waals surface area contributed by atoms with Crippen molar-refractivity contribution in [3.8, 4) is 0 Å². The van der Waals surface area contributed by atoms with Crippen molar-refractivity contribution in [1.82, 2.24) is 10.2 Å². The molecule has 0 bridgehead atoms. The molecule has 0 amide bonds. The predicted octanol–water partition coefficient (Wildman–Crippen LogP) is 2.10. The second kappa shape index (κ2) is 4.06. The molecule has 1 saturated heterocycles. The van der Waals surface area contributed by atoms with Gasteiger partial charge < -0.3 is 5.32 Å². The molecule has 2 aliphatic rings. The highest BCUT2D eigenvalue weighted by Crippen LogP contribution is 2.39. The summed E-state index contributed by atoms with van der Waals surface area (Å²) < 4.78 is 0. The van der Waals surface area contributed by atoms with E-state index in [0.717, 1.165) is 17.9 Å². The monoisotopic (exact) mass is 210 g/mol. The number of piperazine rings is 1. The van der Waals surface area contributed by atoms with E-state index in [0.29, 0.717) is 5.54 Å². The van der Waals surface area contributed by atoms with Crippen molar-refractivity contribution in [3.63, 3.8) is 0 Å². The smallest absolute Gasteiger partial charge is 0.0252 e. The van der Waals surface area contributed by atoms with Crippen LogP contribution in [0.15, 0.2) is 0 Å². The van der Waals surface area contributed by atoms with Crippen molar-refractivity contribution >= 4 is 0 Å². The van der Waals surface area contributed by atoms with Gasteiger partial charge in [-0.2, -0.15) is 0 Å². The summed E-state index contributed by atoms with van der Waals surface area (Å²) in [6, 6.07) is 0.769. The lowest BCUT2D eigenvalue weighted by Crippen LogP contribution is -2.61. The van der Waals surface area contributed by atoms with Crippen LogP contribution in [0.1, 0.15) is 40.5 Å². The molecular weight excluding hydrogens is 184 g/mol. The van der Waals surface area contributed by atoms with Gasteiger partial charge in [0.15, 0.2) is 0 Å². The summed E-state index contributed by atoms with van der Waals surface area (Å²) in [5.74, 6) is 1.98. The van der Waals surface area contributed by atoms with E-state index in [2.05, 4.69) is 37.9 Å². The number of nitrogens with one attached hydrogen (secondary N) is 1. The maximum Gasteiger partial charge on any atom is 0.0252 e. The summed E-state index contributed by atoms with van der Waals surface area (Å²) in [5, 5.41) is 3.65. The van der Waals surface area contributed by atoms with E-state index in [-0.39, 0.29) is 0 Å². The van der Waals surface area contributed by atoms with Crippen LogP contribution in [0.25, 0.3) is 0 Å². The fourth-order valence-corrected chi connectivity index (χ4v) is 2.79. The molecule has 0 aromatic carbocycles. The van der Waals surface area contributed by atoms with E-state index < -0.39 is 0 Å². The minimum absolute atomic E-state index is 0.309. The third kappa shape index (κ3) is 2.73. The normalized spacial score (nSPS) is 40.4. The lowest BCUT2D eigenvalue weighted by Gasteiger charge is -2.44. The van der Waals surface area contributed by atoms with Crippen molar-refractivity contribution in [2.24, 2.45) is 11.8 Å². The molecule has 1 saturated carbocycles. The van der Waals surface area contributed by atoms with E-state index in [9.17, 15) is 0 Å². The predicted molar refractivity (Wildman–Crippen MR) is 65.0 cm³/mol. The Morgan fingerprint density at radius 1 is 1.40 bits per heavy atom. The Morgan fingerprint density at radius 2 is 2.07 bits per heavy atom. The summed E-state index contributed by atoms with van der Waals surface area (Å²) in [6.07, 6.45) is 2.74. The number of nitrogens with zero attached hydrogens (tertiary/aromatic N) is 1. The van der Waals surface area contributed by atoms with Crippen molar-refractivity contribution in [2.75, 3.05) is 19.6 Å². The SMILES string of the molecule is CCC1CNC(C)(C)CN1CC1CC1C. The zero-order chi connectivity index (χ0) is 11.1. The Hall–Kier alpha value is -0.0800. The lowest BCUT2D eigenvalue weighted by molar-refractivity contribution is 0.0869. The Bertz CT molecular complexity index is 225. The fraction of sp³-hybridized carbons (Fsp3) is 1.00. The first kappa shape index (κ1) is 11.4. The highest BCUT2D eigenvalue weighted by molar-refractivity contribution is 4.95. The molecule has 88 valence electrons. The highest BCUT2D eigenvalue weighted by Gasteiger charge is 2.38. The van der Waals surface area contributed by atoms with Gasteiger partial charge in [-0.05, 0) is 38.5 Å². The van der Waals surface area contributed by atoms with Gasteiger partial charge in [-0.25, -0.2) is 0 Å². The topological polar surface area (TPSA) is 15.3 Å². The second-order valence-corrected chi connectivity index (χ2v) is 6.23. The number of rotatable bonds is 3. The molecule has 15 heavy (non-hydrogen) atoms. The first-order chi connectivity index (χ1) is 7.02. The third-order valence-corrected chi connectivity index (χ3v) is 4.15. The first-order valence-electron chi connectivity index (χ1n) is 6.51. The molecule has 0 aromatic heterocycles. The van der Waals surface area contributed by atoms with Crippen LogP contribution in [0.5, 0.6) is 0 Å². The van der Waals surface area contributed by atoms with Crippen LogP contribution in [-0.4, -0.2) is 36.1 Å². The van der Waals surface area contributed by atoms with Gasteiger partial charge in [0.1, 0.15) is 0 Å². The van der Waals surface area contributed by atoms with Crippen molar-refractivity contribution in [2.45, 2.75) is 52.1 Å². The lowest BCUT2D eigenvalue weighted by atomic mass is 9.97. The zero-order valence-electron chi connectivity index (χ0n) is 10.7. The van der Waals surface area contributed by atoms with Gasteiger partial charge in [0.25, 0.3) is 0 Å². The molecule has 2 rings (SSSR count). The Balaban J connectivity index is 1.91. The van der Waals surface area contributed by atoms with Crippen molar-refractivity contribution < 1.29 is 0 Å². The van der Waals surface area contributed by atoms with Gasteiger partial charge in [-0.1, -0.05) is 13.8 Å². The summed E-state index contributed by atoms with van der Waals surface area (Å²) in [7, 11) is 0. The number of hydrogen-bond donors (Lipinski definition) is 1. The van der Waals surface area contributed by atoms with Crippen LogP contribution < -0.4 is 5.32 Å². The maximum atomic E-state index is 3.65. The van der Waals surface area contributed by atoms with E-state index >= 15 is 0 Å². The average molecular weight is 210 g/mol. The molecular formula is C13H26N2. The Labute approximate surface area is 94.4 Å². The molecule has 1 heterocycles. The van der Waals surface area contributed by atoms with Crippen LogP contribution in [0.2, 0.25) is 0 Å².